The maximum Gasteiger partial charge on any atom is 2.00 e. The fourth-order valence-corrected chi connectivity index (χ4v) is 7.94. The number of para-hydroxylation sites is 2. The van der Waals surface area contributed by atoms with Gasteiger partial charge in [-0.25, -0.2) is 9.37 Å². The topological polar surface area (TPSA) is 33.1 Å². The molecule has 0 fully saturated rings. The number of hydrogen-bond donors (Lipinski definition) is 0. The molecule has 2 aromatic heterocycles. The Kier molecular flexibility index (Phi) is 10.6. The number of ether oxygens (including phenoxy) is 1. The summed E-state index contributed by atoms with van der Waals surface area (Å²) in [5.41, 5.74) is 10.6. The standard InChI is InChI=1S/C54H49FN4O.Pt/c1-52(2,3)36-25-26-56-50(31-36)59-47-21-11-10-19-45(47)46-24-23-43(33-49(46)59)60-42-18-13-17-40(32-42)57-34-58(41-29-37(53(4,5)6)28-38(30-41)54(7,8)9)51-44(20-14-22-48(51)57)35-15-12-16-39(55)27-35;/h10-31H,1-9H3;/q;+2. The first-order valence-corrected chi connectivity index (χ1v) is 20.6. The molecule has 0 saturated heterocycles. The monoisotopic (exact) mass is 983 g/mol. The number of nitrogens with zero attached hydrogens (tertiary/aromatic N) is 4. The largest absolute Gasteiger partial charge is 2.00 e. The minimum atomic E-state index is -0.285. The van der Waals surface area contributed by atoms with Crippen LogP contribution in [0.4, 0.5) is 27.1 Å². The molecule has 0 amide bonds. The van der Waals surface area contributed by atoms with E-state index >= 15 is 0 Å². The smallest absolute Gasteiger partial charge is 0.509 e. The van der Waals surface area contributed by atoms with E-state index in [0.717, 1.165) is 61.5 Å². The molecule has 61 heavy (non-hydrogen) atoms. The molecule has 0 N–H and O–H groups in total. The average molecular weight is 984 g/mol. The van der Waals surface area contributed by atoms with Gasteiger partial charge in [-0.3, -0.25) is 0 Å². The van der Waals surface area contributed by atoms with E-state index in [-0.39, 0.29) is 43.1 Å². The third kappa shape index (κ3) is 7.92. The molecule has 0 radical (unpaired) electrons. The zero-order chi connectivity index (χ0) is 42.1. The van der Waals surface area contributed by atoms with Gasteiger partial charge in [0.1, 0.15) is 17.3 Å². The second-order valence-electron chi connectivity index (χ2n) is 18.8. The van der Waals surface area contributed by atoms with Crippen LogP contribution in [-0.4, -0.2) is 15.6 Å². The molecule has 0 unspecified atom stereocenters. The Morgan fingerprint density at radius 1 is 0.623 bits per heavy atom. The molecule has 0 atom stereocenters. The van der Waals surface area contributed by atoms with Crippen LogP contribution in [0.5, 0.6) is 11.5 Å². The van der Waals surface area contributed by atoms with Crippen molar-refractivity contribution in [3.8, 4) is 28.4 Å². The van der Waals surface area contributed by atoms with Crippen LogP contribution in [0, 0.1) is 17.9 Å². The Hall–Kier alpha value is -5.93. The maximum atomic E-state index is 14.8. The van der Waals surface area contributed by atoms with E-state index in [9.17, 15) is 4.39 Å². The van der Waals surface area contributed by atoms with Gasteiger partial charge in [-0.05, 0) is 84.9 Å². The summed E-state index contributed by atoms with van der Waals surface area (Å²) >= 11 is 0. The third-order valence-electron chi connectivity index (χ3n) is 11.3. The van der Waals surface area contributed by atoms with Crippen LogP contribution in [-0.2, 0) is 37.3 Å². The Bertz CT molecular complexity index is 3050. The summed E-state index contributed by atoms with van der Waals surface area (Å²) in [7, 11) is 0. The Balaban J connectivity index is 0.00000514. The molecule has 0 bridgehead atoms. The van der Waals surface area contributed by atoms with Crippen LogP contribution in [0.25, 0.3) is 38.8 Å². The van der Waals surface area contributed by atoms with Gasteiger partial charge < -0.3 is 9.30 Å². The van der Waals surface area contributed by atoms with E-state index in [0.29, 0.717) is 11.5 Å². The van der Waals surface area contributed by atoms with Crippen molar-refractivity contribution < 1.29 is 30.2 Å². The van der Waals surface area contributed by atoms with E-state index in [2.05, 4.69) is 156 Å². The summed E-state index contributed by atoms with van der Waals surface area (Å²) in [6.45, 7) is 20.1. The van der Waals surface area contributed by atoms with Crippen molar-refractivity contribution in [3.05, 3.63) is 168 Å². The van der Waals surface area contributed by atoms with Crippen molar-refractivity contribution in [2.75, 3.05) is 0 Å². The van der Waals surface area contributed by atoms with E-state index in [1.165, 1.54) is 22.8 Å². The van der Waals surface area contributed by atoms with Gasteiger partial charge in [0.25, 0.3) is 5.69 Å². The van der Waals surface area contributed by atoms with Crippen molar-refractivity contribution in [3.63, 3.8) is 0 Å². The van der Waals surface area contributed by atoms with Gasteiger partial charge in [0, 0.05) is 41.4 Å². The van der Waals surface area contributed by atoms with E-state index in [4.69, 9.17) is 9.72 Å². The second kappa shape index (κ2) is 15.5. The molecule has 1 aliphatic rings. The minimum Gasteiger partial charge on any atom is -0.509 e. The van der Waals surface area contributed by atoms with Crippen molar-refractivity contribution in [2.24, 2.45) is 0 Å². The van der Waals surface area contributed by atoms with Crippen molar-refractivity contribution >= 4 is 50.6 Å². The number of rotatable bonds is 6. The summed E-state index contributed by atoms with van der Waals surface area (Å²) in [4.78, 5) is 4.84. The van der Waals surface area contributed by atoms with Crippen LogP contribution >= 0.6 is 0 Å². The number of hydrogen-bond acceptors (Lipinski definition) is 2. The van der Waals surface area contributed by atoms with E-state index in [1.807, 2.05) is 53.2 Å². The number of aromatic nitrogens is 2. The summed E-state index contributed by atoms with van der Waals surface area (Å²) in [5.74, 6) is 1.64. The molecule has 7 heteroatoms. The molecule has 0 aliphatic carbocycles. The number of fused-ring (bicyclic) bond motifs is 4. The first-order chi connectivity index (χ1) is 28.5. The quantitative estimate of drug-likeness (QED) is 0.123. The van der Waals surface area contributed by atoms with Gasteiger partial charge in [0.2, 0.25) is 5.69 Å². The second-order valence-corrected chi connectivity index (χ2v) is 18.8. The SMILES string of the molecule is CC(C)(C)c1cc([N+]2=C=[N+](c3[c-]c(Oc4[c-]c5c(cc4)c4ccccc4n5-c4cc(C(C)(C)C)ccn4)ccc3)c3cccc(-c4cccc(F)c4)c32)cc(C(C)(C)C)c1.[Pt+2]. The number of halogens is 1. The van der Waals surface area contributed by atoms with Crippen LogP contribution < -0.4 is 13.9 Å². The van der Waals surface area contributed by atoms with Crippen LogP contribution in [0.2, 0.25) is 0 Å². The molecule has 6 aromatic carbocycles. The maximum absolute atomic E-state index is 14.8. The fourth-order valence-electron chi connectivity index (χ4n) is 7.94. The van der Waals surface area contributed by atoms with Crippen LogP contribution in [0.3, 0.4) is 0 Å². The van der Waals surface area contributed by atoms with Crippen molar-refractivity contribution in [2.45, 2.75) is 78.6 Å². The first kappa shape index (κ1) is 41.8. The summed E-state index contributed by atoms with van der Waals surface area (Å²) in [6.07, 6.45) is 1.88. The molecule has 5 nitrogen and oxygen atoms in total. The first-order valence-electron chi connectivity index (χ1n) is 20.6. The van der Waals surface area contributed by atoms with Gasteiger partial charge in [-0.15, -0.1) is 23.6 Å². The summed E-state index contributed by atoms with van der Waals surface area (Å²) < 4.78 is 27.7. The molecule has 306 valence electrons. The molecular formula is C54H49FN4OPt+2. The fraction of sp³-hybridized carbons (Fsp3) is 0.222. The van der Waals surface area contributed by atoms with Crippen molar-refractivity contribution in [1.29, 1.82) is 0 Å². The molecule has 3 heterocycles. The normalized spacial score (nSPS) is 12.9. The Morgan fingerprint density at radius 2 is 1.31 bits per heavy atom. The zero-order valence-corrected chi connectivity index (χ0v) is 38.4. The van der Waals surface area contributed by atoms with Crippen LogP contribution in [0.1, 0.15) is 79.0 Å². The molecular weight excluding hydrogens is 935 g/mol. The zero-order valence-electron chi connectivity index (χ0n) is 36.1. The Labute approximate surface area is 372 Å². The minimum absolute atomic E-state index is 0. The number of benzene rings is 6. The molecule has 9 rings (SSSR count). The molecule has 8 aromatic rings. The van der Waals surface area contributed by atoms with E-state index < -0.39 is 0 Å². The van der Waals surface area contributed by atoms with Crippen LogP contribution in [0.15, 0.2) is 134 Å². The molecule has 0 spiro atoms. The average Bonchev–Trinajstić information content (AvgIpc) is 3.76. The Morgan fingerprint density at radius 3 is 2.03 bits per heavy atom. The summed E-state index contributed by atoms with van der Waals surface area (Å²) in [6, 6.07) is 53.2. The van der Waals surface area contributed by atoms with Gasteiger partial charge in [0.15, 0.2) is 0 Å². The predicted octanol–water partition coefficient (Wildman–Crippen LogP) is 14.1. The predicted molar refractivity (Wildman–Crippen MR) is 245 cm³/mol. The van der Waals surface area contributed by atoms with Gasteiger partial charge in [0.05, 0.1) is 5.56 Å². The molecule has 0 saturated carbocycles. The summed E-state index contributed by atoms with van der Waals surface area (Å²) in [5, 5.41) is 2.19. The van der Waals surface area contributed by atoms with Crippen molar-refractivity contribution in [1.82, 2.24) is 18.7 Å². The molecule has 1 aliphatic heterocycles. The van der Waals surface area contributed by atoms with Gasteiger partial charge >= 0.3 is 32.8 Å². The third-order valence-corrected chi connectivity index (χ3v) is 11.3. The number of pyridine rings is 1. The van der Waals surface area contributed by atoms with Gasteiger partial charge in [-0.1, -0.05) is 127 Å². The van der Waals surface area contributed by atoms with E-state index in [1.54, 1.807) is 12.1 Å². The van der Waals surface area contributed by atoms with Gasteiger partial charge in [-0.2, -0.15) is 12.1 Å².